The zero-order valence-corrected chi connectivity index (χ0v) is 48.4. The highest BCUT2D eigenvalue weighted by molar-refractivity contribution is 7.76. The van der Waals surface area contributed by atoms with Gasteiger partial charge in [-0.15, -0.1) is 0 Å². The molecule has 81 heavy (non-hydrogen) atoms. The Balaban J connectivity index is 0.987. The Kier molecular flexibility index (Phi) is 23.7. The zero-order chi connectivity index (χ0) is 58.6. The van der Waals surface area contributed by atoms with Crippen molar-refractivity contribution < 1.29 is 65.0 Å². The number of methoxy groups -OCH3 is 8. The van der Waals surface area contributed by atoms with Crippen molar-refractivity contribution in [3.63, 3.8) is 0 Å². The number of amides is 2. The molecule has 0 spiro atoms. The summed E-state index contributed by atoms with van der Waals surface area (Å²) in [6.45, 7) is -0.355. The normalized spacial score (nSPS) is 11.7. The van der Waals surface area contributed by atoms with E-state index >= 15 is 0 Å². The molecule has 436 valence electrons. The minimum atomic E-state index is -2.74. The van der Waals surface area contributed by atoms with Crippen molar-refractivity contribution >= 4 is 104 Å². The summed E-state index contributed by atoms with van der Waals surface area (Å²) in [5.41, 5.74) is 2.94. The number of nitrogens with zero attached hydrogens (tertiary/aromatic N) is 6. The standard InChI is InChI=1S/C51H62Cl2N12O14S2/c1-72-34-10-12-38(60-48-36(52)26-56-50(62-48)58-32-22-40(74-3)46(78-7)41(23-32)75-4)30(20-34)28-64(80(68)69)18-9-16-54-44(66)14-15-45(67)55-17-19-65(81(70)71)29-31-21-35(73-2)11-13-39(31)61-49-37(53)27-57-51(63-49)59-33-24-42(76-5)47(79-8)43(25-33)77-6/h10-13,20-27H,9,14-19,28-29H2,1-8H3,(H,54,66)(H,55,67)(H,68,69)(H,70,71)(H2,56,58,60,62)(H2,57,59,61,63)/p-2. The van der Waals surface area contributed by atoms with Crippen LogP contribution in [0.5, 0.6) is 46.0 Å². The van der Waals surface area contributed by atoms with Gasteiger partial charge in [0.05, 0.1) is 69.3 Å². The lowest BCUT2D eigenvalue weighted by molar-refractivity contribution is -0.126. The van der Waals surface area contributed by atoms with Crippen molar-refractivity contribution in [3.8, 4) is 46.0 Å². The summed E-state index contributed by atoms with van der Waals surface area (Å²) in [4.78, 5) is 43.3. The van der Waals surface area contributed by atoms with Gasteiger partial charge in [0.25, 0.3) is 0 Å². The van der Waals surface area contributed by atoms with Crippen molar-refractivity contribution in [1.82, 2.24) is 39.2 Å². The smallest absolute Gasteiger partial charge is 0.229 e. The van der Waals surface area contributed by atoms with E-state index in [0.29, 0.717) is 79.9 Å². The van der Waals surface area contributed by atoms with Crippen molar-refractivity contribution in [2.24, 2.45) is 0 Å². The van der Waals surface area contributed by atoms with Gasteiger partial charge in [-0.2, -0.15) is 9.97 Å². The summed E-state index contributed by atoms with van der Waals surface area (Å²) in [6, 6.07) is 16.7. The Hall–Kier alpha value is -7.70. The molecule has 4 aromatic carbocycles. The summed E-state index contributed by atoms with van der Waals surface area (Å²) in [7, 11) is 11.9. The maximum atomic E-state index is 12.8. The van der Waals surface area contributed by atoms with E-state index in [9.17, 15) is 27.1 Å². The first-order chi connectivity index (χ1) is 39.0. The Bertz CT molecular complexity index is 3140. The number of rotatable bonds is 32. The number of anilines is 8. The second kappa shape index (κ2) is 30.8. The molecule has 0 aliphatic heterocycles. The largest absolute Gasteiger partial charge is 0.760 e. The van der Waals surface area contributed by atoms with Gasteiger partial charge in [0.1, 0.15) is 21.5 Å². The number of ether oxygens (including phenoxy) is 8. The van der Waals surface area contributed by atoms with Gasteiger partial charge in [-0.05, 0) is 53.9 Å². The predicted octanol–water partition coefficient (Wildman–Crippen LogP) is 6.91. The lowest BCUT2D eigenvalue weighted by atomic mass is 10.1. The molecule has 2 unspecified atom stereocenters. The van der Waals surface area contributed by atoms with Crippen LogP contribution in [0.3, 0.4) is 0 Å². The molecule has 0 fully saturated rings. The Morgan fingerprint density at radius 2 is 0.926 bits per heavy atom. The highest BCUT2D eigenvalue weighted by Crippen LogP contribution is 2.42. The average molecular weight is 1200 g/mol. The van der Waals surface area contributed by atoms with E-state index in [4.69, 9.17) is 61.1 Å². The number of nitrogens with one attached hydrogen (secondary N) is 6. The molecule has 0 saturated carbocycles. The fourth-order valence-corrected chi connectivity index (χ4v) is 9.03. The van der Waals surface area contributed by atoms with Crippen molar-refractivity contribution in [1.29, 1.82) is 0 Å². The number of benzene rings is 4. The van der Waals surface area contributed by atoms with Crippen LogP contribution in [0.25, 0.3) is 0 Å². The predicted molar refractivity (Wildman–Crippen MR) is 304 cm³/mol. The van der Waals surface area contributed by atoms with Crippen LogP contribution in [-0.4, -0.2) is 141 Å². The second-order valence-electron chi connectivity index (χ2n) is 16.9. The molecule has 0 radical (unpaired) electrons. The summed E-state index contributed by atoms with van der Waals surface area (Å²) in [5.74, 6) is 3.07. The summed E-state index contributed by atoms with van der Waals surface area (Å²) in [6.07, 6.45) is 2.62. The third-order valence-corrected chi connectivity index (χ3v) is 13.8. The molecule has 6 N–H and O–H groups in total. The average Bonchev–Trinajstić information content (AvgIpc) is 3.46. The van der Waals surface area contributed by atoms with Gasteiger partial charge in [-0.3, -0.25) is 18.0 Å². The number of hydrogen-bond acceptors (Lipinski definition) is 22. The molecule has 2 atom stereocenters. The topological polar surface area (TPSA) is 318 Å². The Morgan fingerprint density at radius 1 is 0.531 bits per heavy atom. The quantitative estimate of drug-likeness (QED) is 0.0184. The molecule has 30 heteroatoms. The van der Waals surface area contributed by atoms with E-state index in [1.807, 2.05) is 0 Å². The molecule has 0 bridgehead atoms. The Morgan fingerprint density at radius 3 is 1.30 bits per heavy atom. The zero-order valence-electron chi connectivity index (χ0n) is 45.3. The van der Waals surface area contributed by atoms with Crippen LogP contribution in [0.2, 0.25) is 10.0 Å². The van der Waals surface area contributed by atoms with Gasteiger partial charge in [0.15, 0.2) is 34.6 Å². The summed E-state index contributed by atoms with van der Waals surface area (Å²) in [5, 5.41) is 18.2. The van der Waals surface area contributed by atoms with Crippen molar-refractivity contribution in [2.45, 2.75) is 32.4 Å². The van der Waals surface area contributed by atoms with Crippen LogP contribution in [0.15, 0.2) is 73.1 Å². The van der Waals surface area contributed by atoms with E-state index in [2.05, 4.69) is 51.8 Å². The van der Waals surface area contributed by atoms with Crippen LogP contribution < -0.4 is 69.8 Å². The van der Waals surface area contributed by atoms with E-state index in [0.717, 1.165) is 4.31 Å². The SMILES string of the molecule is COc1ccc(Nc2nc(Nc3cc(OC)c(OC)c(OC)c3)ncc2Cl)c(CN(CCCNC(=O)CCC(=O)NCCN(Cc2cc(OC)ccc2Nc2nc(Nc3cc(OC)c(OC)c(OC)c3)ncc2Cl)S(=O)[O-])S(=O)[O-])c1. The third-order valence-electron chi connectivity index (χ3n) is 11.7. The number of carbonyl (C=O) groups excluding carboxylic acids is 2. The first-order valence-electron chi connectivity index (χ1n) is 24.3. The first kappa shape index (κ1) is 62.5. The maximum Gasteiger partial charge on any atom is 0.229 e. The van der Waals surface area contributed by atoms with Crippen LogP contribution in [0.1, 0.15) is 30.4 Å². The number of halogens is 2. The molecule has 2 aromatic heterocycles. The van der Waals surface area contributed by atoms with Crippen molar-refractivity contribution in [3.05, 3.63) is 94.2 Å². The molecule has 6 aromatic rings. The van der Waals surface area contributed by atoms with Gasteiger partial charge < -0.3 is 78.9 Å². The third kappa shape index (κ3) is 17.6. The van der Waals surface area contributed by atoms with Gasteiger partial charge in [0.2, 0.25) is 35.2 Å². The number of carbonyl (C=O) groups is 2. The number of hydrogen-bond donors (Lipinski definition) is 6. The van der Waals surface area contributed by atoms with Crippen LogP contribution in [0.4, 0.5) is 46.3 Å². The molecule has 2 amide bonds. The molecular weight excluding hydrogens is 1140 g/mol. The second-order valence-corrected chi connectivity index (χ2v) is 19.6. The summed E-state index contributed by atoms with van der Waals surface area (Å²) < 4.78 is 95.8. The molecule has 2 heterocycles. The van der Waals surface area contributed by atoms with E-state index in [1.165, 1.54) is 73.6 Å². The molecule has 0 aliphatic rings. The number of aromatic nitrogens is 4. The molecular formula is C51H60Cl2N12O14S2-2. The van der Waals surface area contributed by atoms with Gasteiger partial charge >= 0.3 is 0 Å². The monoisotopic (exact) mass is 1200 g/mol. The molecule has 0 saturated heterocycles. The molecule has 26 nitrogen and oxygen atoms in total. The van der Waals surface area contributed by atoms with Gasteiger partial charge in [0, 0.05) is 122 Å². The molecule has 6 rings (SSSR count). The molecule has 0 aliphatic carbocycles. The van der Waals surface area contributed by atoms with Crippen molar-refractivity contribution in [2.75, 3.05) is 104 Å². The Labute approximate surface area is 482 Å². The van der Waals surface area contributed by atoms with Crippen LogP contribution in [-0.2, 0) is 45.2 Å². The van der Waals surface area contributed by atoms with E-state index in [-0.39, 0.29) is 92.1 Å². The van der Waals surface area contributed by atoms with Gasteiger partial charge in [-0.1, -0.05) is 23.2 Å². The van der Waals surface area contributed by atoms with E-state index in [1.54, 1.807) is 60.7 Å². The summed E-state index contributed by atoms with van der Waals surface area (Å²) >= 11 is 7.64. The lowest BCUT2D eigenvalue weighted by Crippen LogP contribution is -2.36. The lowest BCUT2D eigenvalue weighted by Gasteiger charge is -2.26. The maximum absolute atomic E-state index is 12.8. The van der Waals surface area contributed by atoms with E-state index < -0.39 is 34.3 Å². The fourth-order valence-electron chi connectivity index (χ4n) is 7.75. The van der Waals surface area contributed by atoms with Crippen LogP contribution >= 0.6 is 23.2 Å². The minimum Gasteiger partial charge on any atom is -0.760 e. The van der Waals surface area contributed by atoms with Gasteiger partial charge in [-0.25, -0.2) is 18.6 Å². The fraction of sp³-hybridized carbons (Fsp3) is 0.333. The minimum absolute atomic E-state index is 0.0142. The first-order valence-corrected chi connectivity index (χ1v) is 27.1. The van der Waals surface area contributed by atoms with Crippen LogP contribution in [0, 0.1) is 0 Å². The highest BCUT2D eigenvalue weighted by atomic mass is 35.5. The highest BCUT2D eigenvalue weighted by Gasteiger charge is 2.20.